The van der Waals surface area contributed by atoms with Crippen molar-refractivity contribution in [2.24, 2.45) is 0 Å². The quantitative estimate of drug-likeness (QED) is 0.564. The zero-order chi connectivity index (χ0) is 18.3. The second-order valence-corrected chi connectivity index (χ2v) is 5.92. The molecule has 0 spiro atoms. The van der Waals surface area contributed by atoms with Gasteiger partial charge in [0.05, 0.1) is 16.8 Å². The lowest BCUT2D eigenvalue weighted by atomic mass is 10.0. The summed E-state index contributed by atoms with van der Waals surface area (Å²) in [5.41, 5.74) is 1.15. The zero-order valence-corrected chi connectivity index (χ0v) is 13.7. The van der Waals surface area contributed by atoms with Crippen LogP contribution in [-0.4, -0.2) is 14.9 Å². The number of fused-ring (bicyclic) bond motifs is 1. The van der Waals surface area contributed by atoms with Gasteiger partial charge in [-0.2, -0.15) is 5.10 Å². The van der Waals surface area contributed by atoms with Crippen molar-refractivity contribution in [1.29, 1.82) is 0 Å². The van der Waals surface area contributed by atoms with E-state index in [1.807, 2.05) is 0 Å². The third kappa shape index (κ3) is 2.77. The molecule has 0 fully saturated rings. The first-order valence-electron chi connectivity index (χ1n) is 7.90. The van der Waals surface area contributed by atoms with E-state index in [0.29, 0.717) is 33.5 Å². The van der Waals surface area contributed by atoms with Crippen LogP contribution in [0.2, 0.25) is 0 Å². The molecule has 7 heteroatoms. The third-order valence-electron chi connectivity index (χ3n) is 4.04. The van der Waals surface area contributed by atoms with E-state index >= 15 is 0 Å². The molecule has 0 aliphatic carbocycles. The molecule has 0 aliphatic rings. The standard InChI is InChI=1S/C19H13F2N3O2/c1-11-8-13(26-23-11)10-24-19(25)15-5-3-2-4-14(15)18(22-24)12-6-7-16(20)17(21)9-12/h2-9H,10H2,1H3. The second-order valence-electron chi connectivity index (χ2n) is 5.92. The monoisotopic (exact) mass is 353 g/mol. The number of hydrogen-bond acceptors (Lipinski definition) is 4. The number of rotatable bonds is 3. The van der Waals surface area contributed by atoms with Gasteiger partial charge in [-0.25, -0.2) is 13.5 Å². The van der Waals surface area contributed by atoms with E-state index < -0.39 is 11.6 Å². The fourth-order valence-electron chi connectivity index (χ4n) is 2.84. The molecule has 0 saturated carbocycles. The minimum absolute atomic E-state index is 0.0845. The lowest BCUT2D eigenvalue weighted by Gasteiger charge is -2.10. The Balaban J connectivity index is 1.95. The van der Waals surface area contributed by atoms with E-state index in [9.17, 15) is 13.6 Å². The van der Waals surface area contributed by atoms with E-state index in [1.165, 1.54) is 10.7 Å². The van der Waals surface area contributed by atoms with E-state index in [2.05, 4.69) is 10.3 Å². The number of halogens is 2. The molecule has 0 aliphatic heterocycles. The summed E-state index contributed by atoms with van der Waals surface area (Å²) in [6.45, 7) is 1.86. The van der Waals surface area contributed by atoms with Crippen LogP contribution < -0.4 is 5.56 Å². The summed E-state index contributed by atoms with van der Waals surface area (Å²) < 4.78 is 33.4. The summed E-state index contributed by atoms with van der Waals surface area (Å²) in [5, 5.41) is 9.16. The minimum Gasteiger partial charge on any atom is -0.359 e. The molecule has 0 saturated heterocycles. The van der Waals surface area contributed by atoms with E-state index in [0.717, 1.165) is 12.1 Å². The van der Waals surface area contributed by atoms with Gasteiger partial charge in [0.15, 0.2) is 17.4 Å². The van der Waals surface area contributed by atoms with Crippen molar-refractivity contribution in [3.05, 3.63) is 82.0 Å². The largest absolute Gasteiger partial charge is 0.359 e. The predicted octanol–water partition coefficient (Wildman–Crippen LogP) is 3.69. The van der Waals surface area contributed by atoms with Gasteiger partial charge in [-0.1, -0.05) is 23.4 Å². The van der Waals surface area contributed by atoms with Crippen LogP contribution in [0.25, 0.3) is 22.0 Å². The SMILES string of the molecule is Cc1cc(Cn2nc(-c3ccc(F)c(F)c3)c3ccccc3c2=O)on1. The Morgan fingerprint density at radius 3 is 2.50 bits per heavy atom. The van der Waals surface area contributed by atoms with Gasteiger partial charge in [0.1, 0.15) is 6.54 Å². The van der Waals surface area contributed by atoms with Gasteiger partial charge in [0.2, 0.25) is 0 Å². The van der Waals surface area contributed by atoms with E-state index in [1.54, 1.807) is 37.3 Å². The first-order valence-corrected chi connectivity index (χ1v) is 7.90. The molecule has 0 unspecified atom stereocenters. The Hall–Kier alpha value is -3.35. The van der Waals surface area contributed by atoms with Crippen molar-refractivity contribution < 1.29 is 13.3 Å². The van der Waals surface area contributed by atoms with Gasteiger partial charge in [0.25, 0.3) is 5.56 Å². The highest BCUT2D eigenvalue weighted by Crippen LogP contribution is 2.26. The van der Waals surface area contributed by atoms with Gasteiger partial charge in [-0.15, -0.1) is 0 Å². The molecule has 4 rings (SSSR count). The lowest BCUT2D eigenvalue weighted by Crippen LogP contribution is -2.24. The highest BCUT2D eigenvalue weighted by Gasteiger charge is 2.15. The zero-order valence-electron chi connectivity index (χ0n) is 13.7. The molecule has 2 heterocycles. The summed E-state index contributed by atoms with van der Waals surface area (Å²) in [5.74, 6) is -1.44. The summed E-state index contributed by atoms with van der Waals surface area (Å²) >= 11 is 0. The number of benzene rings is 2. The van der Waals surface area contributed by atoms with Gasteiger partial charge in [-0.05, 0) is 31.2 Å². The number of aromatic nitrogens is 3. The van der Waals surface area contributed by atoms with Crippen LogP contribution in [0, 0.1) is 18.6 Å². The molecule has 130 valence electrons. The van der Waals surface area contributed by atoms with Crippen molar-refractivity contribution in [3.8, 4) is 11.3 Å². The van der Waals surface area contributed by atoms with Gasteiger partial charge >= 0.3 is 0 Å². The maximum absolute atomic E-state index is 13.7. The molecular weight excluding hydrogens is 340 g/mol. The summed E-state index contributed by atoms with van der Waals surface area (Å²) in [7, 11) is 0. The maximum atomic E-state index is 13.7. The van der Waals surface area contributed by atoms with Crippen molar-refractivity contribution in [1.82, 2.24) is 14.9 Å². The van der Waals surface area contributed by atoms with Crippen LogP contribution in [0.4, 0.5) is 8.78 Å². The summed E-state index contributed by atoms with van der Waals surface area (Å²) in [6.07, 6.45) is 0. The van der Waals surface area contributed by atoms with Crippen LogP contribution in [0.5, 0.6) is 0 Å². The minimum atomic E-state index is -0.975. The smallest absolute Gasteiger partial charge is 0.275 e. The van der Waals surface area contributed by atoms with Crippen LogP contribution in [0.3, 0.4) is 0 Å². The molecule has 0 amide bonds. The number of nitrogens with zero attached hydrogens (tertiary/aromatic N) is 3. The van der Waals surface area contributed by atoms with Crippen LogP contribution in [0.15, 0.2) is 57.8 Å². The van der Waals surface area contributed by atoms with Crippen LogP contribution in [0.1, 0.15) is 11.5 Å². The van der Waals surface area contributed by atoms with Crippen molar-refractivity contribution >= 4 is 10.8 Å². The molecular formula is C19H13F2N3O2. The predicted molar refractivity (Wildman–Crippen MR) is 91.7 cm³/mol. The maximum Gasteiger partial charge on any atom is 0.275 e. The number of aryl methyl sites for hydroxylation is 1. The van der Waals surface area contributed by atoms with Crippen molar-refractivity contribution in [2.45, 2.75) is 13.5 Å². The fourth-order valence-corrected chi connectivity index (χ4v) is 2.84. The first-order chi connectivity index (χ1) is 12.5. The van der Waals surface area contributed by atoms with Gasteiger partial charge in [-0.3, -0.25) is 4.79 Å². The van der Waals surface area contributed by atoms with Crippen LogP contribution >= 0.6 is 0 Å². The molecule has 2 aromatic heterocycles. The van der Waals surface area contributed by atoms with E-state index in [4.69, 9.17) is 4.52 Å². The molecule has 0 radical (unpaired) electrons. The Bertz CT molecular complexity index is 1180. The normalized spacial score (nSPS) is 11.2. The Morgan fingerprint density at radius 2 is 1.81 bits per heavy atom. The average molecular weight is 353 g/mol. The molecule has 4 aromatic rings. The van der Waals surface area contributed by atoms with Crippen molar-refractivity contribution in [3.63, 3.8) is 0 Å². The van der Waals surface area contributed by atoms with Crippen molar-refractivity contribution in [2.75, 3.05) is 0 Å². The molecule has 0 N–H and O–H groups in total. The van der Waals surface area contributed by atoms with E-state index in [-0.39, 0.29) is 12.1 Å². The number of hydrogen-bond donors (Lipinski definition) is 0. The summed E-state index contributed by atoms with van der Waals surface area (Å²) in [6, 6.07) is 12.1. The molecule has 0 atom stereocenters. The molecule has 0 bridgehead atoms. The Morgan fingerprint density at radius 1 is 1.04 bits per heavy atom. The molecule has 2 aromatic carbocycles. The molecule has 26 heavy (non-hydrogen) atoms. The van der Waals surface area contributed by atoms with Gasteiger partial charge in [0, 0.05) is 17.0 Å². The Labute approximate surface area is 146 Å². The third-order valence-corrected chi connectivity index (χ3v) is 4.04. The highest BCUT2D eigenvalue weighted by atomic mass is 19.2. The second kappa shape index (κ2) is 6.18. The van der Waals surface area contributed by atoms with Crippen LogP contribution in [-0.2, 0) is 6.54 Å². The first kappa shape index (κ1) is 16.1. The fraction of sp³-hybridized carbons (Fsp3) is 0.105. The van der Waals surface area contributed by atoms with Gasteiger partial charge < -0.3 is 4.52 Å². The lowest BCUT2D eigenvalue weighted by molar-refractivity contribution is 0.366. The molecule has 5 nitrogen and oxygen atoms in total. The average Bonchev–Trinajstić information content (AvgIpc) is 3.05. The Kier molecular flexibility index (Phi) is 3.84. The summed E-state index contributed by atoms with van der Waals surface area (Å²) in [4.78, 5) is 12.7. The highest BCUT2D eigenvalue weighted by molar-refractivity contribution is 5.93. The topological polar surface area (TPSA) is 60.9 Å².